The van der Waals surface area contributed by atoms with E-state index in [2.05, 4.69) is 27.7 Å². The lowest BCUT2D eigenvalue weighted by Gasteiger charge is -2.32. The molecule has 0 amide bonds. The van der Waals surface area contributed by atoms with Crippen molar-refractivity contribution in [1.82, 2.24) is 0 Å². The summed E-state index contributed by atoms with van der Waals surface area (Å²) in [4.78, 5) is 0. The summed E-state index contributed by atoms with van der Waals surface area (Å²) < 4.78 is 12.1. The molecule has 0 aliphatic carbocycles. The van der Waals surface area contributed by atoms with Crippen molar-refractivity contribution in [2.24, 2.45) is 0 Å². The second kappa shape index (κ2) is 6.55. The van der Waals surface area contributed by atoms with E-state index in [0.717, 1.165) is 17.3 Å². The third-order valence-corrected chi connectivity index (χ3v) is 4.17. The predicted molar refractivity (Wildman–Crippen MR) is 92.1 cm³/mol. The van der Waals surface area contributed by atoms with Gasteiger partial charge < -0.3 is 14.4 Å². The van der Waals surface area contributed by atoms with Crippen LogP contribution in [0.2, 0.25) is 0 Å². The molecule has 116 valence electrons. The van der Waals surface area contributed by atoms with Gasteiger partial charge in [0, 0.05) is 0 Å². The zero-order chi connectivity index (χ0) is 16.2. The highest BCUT2D eigenvalue weighted by atomic mass is 16.7. The van der Waals surface area contributed by atoms with E-state index in [9.17, 15) is 0 Å². The maximum atomic E-state index is 8.51. The van der Waals surface area contributed by atoms with E-state index in [1.807, 2.05) is 42.5 Å². The van der Waals surface area contributed by atoms with Crippen LogP contribution in [0.3, 0.4) is 0 Å². The van der Waals surface area contributed by atoms with Crippen LogP contribution < -0.4 is 5.46 Å². The molecule has 1 aliphatic heterocycles. The maximum absolute atomic E-state index is 8.51. The van der Waals surface area contributed by atoms with Crippen molar-refractivity contribution < 1.29 is 14.4 Å². The number of benzene rings is 1. The Hall–Kier alpha value is -1.78. The molecule has 1 aromatic carbocycles. The van der Waals surface area contributed by atoms with E-state index in [-0.39, 0.29) is 18.3 Å². The second-order valence-electron chi connectivity index (χ2n) is 6.34. The number of allylic oxidation sites excluding steroid dienone is 4. The van der Waals surface area contributed by atoms with E-state index in [1.54, 1.807) is 12.2 Å². The van der Waals surface area contributed by atoms with Crippen molar-refractivity contribution in [3.05, 3.63) is 60.4 Å². The van der Waals surface area contributed by atoms with Gasteiger partial charge in [-0.15, -0.1) is 0 Å². The maximum Gasteiger partial charge on any atom is 0.494 e. The van der Waals surface area contributed by atoms with Crippen LogP contribution in [-0.2, 0) is 9.31 Å². The van der Waals surface area contributed by atoms with Crippen LogP contribution in [0, 0.1) is 0 Å². The van der Waals surface area contributed by atoms with Crippen molar-refractivity contribution in [3.8, 4) is 0 Å². The number of rotatable bonds is 4. The van der Waals surface area contributed by atoms with Crippen LogP contribution in [-0.4, -0.2) is 23.4 Å². The standard InChI is InChI=1S/C18H23BO3/c1-17(2)18(3,4)22-19(21-17)16-12-10-15(11-13-16)9-7-5-6-8-14-20/h5-14,20H,1-4H3/b6-5-,9-7-,14-8+. The summed E-state index contributed by atoms with van der Waals surface area (Å²) in [5.74, 6) is 0. The Balaban J connectivity index is 2.04. The van der Waals surface area contributed by atoms with Gasteiger partial charge in [0.1, 0.15) is 0 Å². The molecule has 4 heteroatoms. The summed E-state index contributed by atoms with van der Waals surface area (Å²) in [6, 6.07) is 8.12. The lowest BCUT2D eigenvalue weighted by Crippen LogP contribution is -2.41. The Morgan fingerprint density at radius 1 is 0.864 bits per heavy atom. The SMILES string of the molecule is CC1(C)OB(c2ccc(\C=C/C=C\C=C\O)cc2)OC1(C)C. The van der Waals surface area contributed by atoms with Crippen molar-refractivity contribution >= 4 is 18.7 Å². The van der Waals surface area contributed by atoms with Crippen LogP contribution >= 0.6 is 0 Å². The molecule has 1 saturated heterocycles. The minimum absolute atomic E-state index is 0.318. The fourth-order valence-electron chi connectivity index (χ4n) is 2.09. The largest absolute Gasteiger partial charge is 0.516 e. The fourth-order valence-corrected chi connectivity index (χ4v) is 2.09. The van der Waals surface area contributed by atoms with Gasteiger partial charge in [-0.1, -0.05) is 48.6 Å². The molecule has 0 spiro atoms. The van der Waals surface area contributed by atoms with Crippen LogP contribution in [0.4, 0.5) is 0 Å². The summed E-state index contributed by atoms with van der Waals surface area (Å²) in [5, 5.41) is 8.51. The summed E-state index contributed by atoms with van der Waals surface area (Å²) in [5.41, 5.74) is 1.48. The number of aliphatic hydroxyl groups is 1. The van der Waals surface area contributed by atoms with Gasteiger partial charge in [-0.3, -0.25) is 0 Å². The van der Waals surface area contributed by atoms with E-state index >= 15 is 0 Å². The molecule has 1 N–H and O–H groups in total. The molecular weight excluding hydrogens is 275 g/mol. The van der Waals surface area contributed by atoms with Crippen LogP contribution in [0.25, 0.3) is 6.08 Å². The predicted octanol–water partition coefficient (Wildman–Crippen LogP) is 3.63. The minimum Gasteiger partial charge on any atom is -0.516 e. The van der Waals surface area contributed by atoms with Gasteiger partial charge in [-0.25, -0.2) is 0 Å². The van der Waals surface area contributed by atoms with Crippen LogP contribution in [0.5, 0.6) is 0 Å². The molecule has 0 atom stereocenters. The van der Waals surface area contributed by atoms with Crippen molar-refractivity contribution in [2.45, 2.75) is 38.9 Å². The third-order valence-electron chi connectivity index (χ3n) is 4.17. The zero-order valence-electron chi connectivity index (χ0n) is 13.6. The highest BCUT2D eigenvalue weighted by Crippen LogP contribution is 2.36. The zero-order valence-corrected chi connectivity index (χ0v) is 13.6. The topological polar surface area (TPSA) is 38.7 Å². The number of aliphatic hydroxyl groups excluding tert-OH is 1. The average molecular weight is 298 g/mol. The molecule has 0 saturated carbocycles. The van der Waals surface area contributed by atoms with Gasteiger partial charge in [0.25, 0.3) is 0 Å². The van der Waals surface area contributed by atoms with Gasteiger partial charge in [-0.2, -0.15) is 0 Å². The van der Waals surface area contributed by atoms with Crippen molar-refractivity contribution in [2.75, 3.05) is 0 Å². The van der Waals surface area contributed by atoms with E-state index in [1.165, 1.54) is 0 Å². The minimum atomic E-state index is -0.322. The van der Waals surface area contributed by atoms with Crippen LogP contribution in [0.15, 0.2) is 54.8 Å². The first-order valence-corrected chi connectivity index (χ1v) is 7.45. The molecule has 1 aromatic rings. The van der Waals surface area contributed by atoms with Gasteiger partial charge in [-0.05, 0) is 44.8 Å². The average Bonchev–Trinajstić information content (AvgIpc) is 2.68. The molecule has 0 unspecified atom stereocenters. The molecule has 1 fully saturated rings. The smallest absolute Gasteiger partial charge is 0.494 e. The van der Waals surface area contributed by atoms with Crippen molar-refractivity contribution in [3.63, 3.8) is 0 Å². The monoisotopic (exact) mass is 298 g/mol. The Kier molecular flexibility index (Phi) is 4.94. The van der Waals surface area contributed by atoms with Gasteiger partial charge in [0.05, 0.1) is 17.5 Å². The molecule has 1 aliphatic rings. The van der Waals surface area contributed by atoms with Crippen molar-refractivity contribution in [1.29, 1.82) is 0 Å². The number of hydrogen-bond donors (Lipinski definition) is 1. The highest BCUT2D eigenvalue weighted by Gasteiger charge is 2.51. The third kappa shape index (κ3) is 3.70. The lowest BCUT2D eigenvalue weighted by molar-refractivity contribution is 0.00578. The molecule has 3 nitrogen and oxygen atoms in total. The molecule has 1 heterocycles. The molecule has 0 radical (unpaired) electrons. The first-order chi connectivity index (χ1) is 10.4. The van der Waals surface area contributed by atoms with Gasteiger partial charge >= 0.3 is 7.12 Å². The summed E-state index contributed by atoms with van der Waals surface area (Å²) >= 11 is 0. The van der Waals surface area contributed by atoms with E-state index in [4.69, 9.17) is 14.4 Å². The molecule has 0 bridgehead atoms. The molecular formula is C18H23BO3. The second-order valence-corrected chi connectivity index (χ2v) is 6.34. The molecule has 22 heavy (non-hydrogen) atoms. The quantitative estimate of drug-likeness (QED) is 0.524. The Morgan fingerprint density at radius 3 is 1.95 bits per heavy atom. The first-order valence-electron chi connectivity index (χ1n) is 7.45. The van der Waals surface area contributed by atoms with Gasteiger partial charge in [0.15, 0.2) is 0 Å². The molecule has 0 aromatic heterocycles. The van der Waals surface area contributed by atoms with Gasteiger partial charge in [0.2, 0.25) is 0 Å². The normalized spacial score (nSPS) is 20.6. The number of hydrogen-bond acceptors (Lipinski definition) is 3. The van der Waals surface area contributed by atoms with Crippen LogP contribution in [0.1, 0.15) is 33.3 Å². The Morgan fingerprint density at radius 2 is 1.41 bits per heavy atom. The van der Waals surface area contributed by atoms with E-state index < -0.39 is 0 Å². The lowest BCUT2D eigenvalue weighted by atomic mass is 9.79. The Labute approximate surface area is 133 Å². The Bertz CT molecular complexity index is 567. The summed E-state index contributed by atoms with van der Waals surface area (Å²) in [7, 11) is -0.322. The first kappa shape index (κ1) is 16.6. The summed E-state index contributed by atoms with van der Waals surface area (Å²) in [6.45, 7) is 8.21. The highest BCUT2D eigenvalue weighted by molar-refractivity contribution is 6.62. The summed E-state index contributed by atoms with van der Waals surface area (Å²) in [6.07, 6.45) is 10.1. The fraction of sp³-hybridized carbons (Fsp3) is 0.333. The van der Waals surface area contributed by atoms with E-state index in [0.29, 0.717) is 0 Å². The molecule has 2 rings (SSSR count).